The summed E-state index contributed by atoms with van der Waals surface area (Å²) in [6, 6.07) is 19.1. The molecular weight excluding hydrogens is 370 g/mol. The van der Waals surface area contributed by atoms with Gasteiger partial charge in [0, 0.05) is 5.56 Å². The maximum absolute atomic E-state index is 12.5. The molecule has 29 heavy (non-hydrogen) atoms. The van der Waals surface area contributed by atoms with E-state index in [0.29, 0.717) is 17.1 Å². The number of rotatable bonds is 6. The molecule has 0 fully saturated rings. The topological polar surface area (TPSA) is 86.5 Å². The summed E-state index contributed by atoms with van der Waals surface area (Å²) in [5.74, 6) is 1.18. The number of hydrogen-bond donors (Lipinski definition) is 1. The van der Waals surface area contributed by atoms with Crippen molar-refractivity contribution in [2.24, 2.45) is 0 Å². The highest BCUT2D eigenvalue weighted by atomic mass is 16.5. The third-order valence-corrected chi connectivity index (χ3v) is 4.53. The summed E-state index contributed by atoms with van der Waals surface area (Å²) >= 11 is 0. The fourth-order valence-electron chi connectivity index (χ4n) is 3.14. The van der Waals surface area contributed by atoms with Crippen LogP contribution in [0.1, 0.15) is 5.56 Å². The van der Waals surface area contributed by atoms with E-state index in [1.54, 1.807) is 32.4 Å². The number of ether oxygens (including phenoxy) is 2. The number of anilines is 1. The van der Waals surface area contributed by atoms with Crippen LogP contribution in [0.2, 0.25) is 0 Å². The van der Waals surface area contributed by atoms with Gasteiger partial charge in [0.15, 0.2) is 11.5 Å². The van der Waals surface area contributed by atoms with E-state index >= 15 is 0 Å². The molecule has 3 aromatic carbocycles. The summed E-state index contributed by atoms with van der Waals surface area (Å²) in [5, 5.41) is 12.7. The van der Waals surface area contributed by atoms with Gasteiger partial charge in [-0.25, -0.2) is 0 Å². The normalized spacial score (nSPS) is 10.7. The van der Waals surface area contributed by atoms with Crippen LogP contribution in [0.15, 0.2) is 65.1 Å². The Morgan fingerprint density at radius 2 is 1.76 bits per heavy atom. The van der Waals surface area contributed by atoms with Crippen molar-refractivity contribution in [1.82, 2.24) is 10.2 Å². The zero-order valence-corrected chi connectivity index (χ0v) is 16.0. The molecule has 0 saturated heterocycles. The van der Waals surface area contributed by atoms with Crippen molar-refractivity contribution in [3.63, 3.8) is 0 Å². The fraction of sp³-hybridized carbons (Fsp3) is 0.136. The first kappa shape index (κ1) is 18.5. The van der Waals surface area contributed by atoms with Gasteiger partial charge in [0.25, 0.3) is 0 Å². The summed E-state index contributed by atoms with van der Waals surface area (Å²) in [5.41, 5.74) is 1.59. The van der Waals surface area contributed by atoms with Crippen molar-refractivity contribution in [1.29, 1.82) is 0 Å². The minimum Gasteiger partial charge on any atom is -0.493 e. The molecule has 7 nitrogen and oxygen atoms in total. The molecule has 146 valence electrons. The quantitative estimate of drug-likeness (QED) is 0.535. The van der Waals surface area contributed by atoms with Crippen molar-refractivity contribution in [3.05, 3.63) is 66.2 Å². The predicted octanol–water partition coefficient (Wildman–Crippen LogP) is 4.09. The lowest BCUT2D eigenvalue weighted by atomic mass is 10.0. The van der Waals surface area contributed by atoms with Crippen LogP contribution in [-0.4, -0.2) is 30.3 Å². The highest BCUT2D eigenvalue weighted by Gasteiger charge is 2.14. The van der Waals surface area contributed by atoms with Gasteiger partial charge in [-0.05, 0) is 34.5 Å². The molecule has 0 aliphatic rings. The maximum Gasteiger partial charge on any atom is 0.322 e. The first-order chi connectivity index (χ1) is 14.2. The SMILES string of the molecule is COc1ccc(-c2nnc(NC(=O)Cc3cccc4ccccc34)o2)cc1OC. The minimum absolute atomic E-state index is 0.0417. The van der Waals surface area contributed by atoms with Crippen LogP contribution in [0.5, 0.6) is 11.5 Å². The molecule has 0 atom stereocenters. The number of nitrogens with zero attached hydrogens (tertiary/aromatic N) is 2. The number of hydrogen-bond acceptors (Lipinski definition) is 6. The van der Waals surface area contributed by atoms with Gasteiger partial charge >= 0.3 is 6.01 Å². The summed E-state index contributed by atoms with van der Waals surface area (Å²) in [6.45, 7) is 0. The van der Waals surface area contributed by atoms with Crippen molar-refractivity contribution in [2.45, 2.75) is 6.42 Å². The number of amides is 1. The Balaban J connectivity index is 1.50. The molecule has 7 heteroatoms. The van der Waals surface area contributed by atoms with Crippen LogP contribution >= 0.6 is 0 Å². The second kappa shape index (κ2) is 8.02. The van der Waals surface area contributed by atoms with Crippen LogP contribution in [0.4, 0.5) is 6.01 Å². The Kier molecular flexibility index (Phi) is 5.11. The second-order valence-electron chi connectivity index (χ2n) is 6.35. The zero-order chi connectivity index (χ0) is 20.2. The summed E-state index contributed by atoms with van der Waals surface area (Å²) < 4.78 is 16.1. The van der Waals surface area contributed by atoms with Crippen molar-refractivity contribution in [3.8, 4) is 23.0 Å². The maximum atomic E-state index is 12.5. The lowest BCUT2D eigenvalue weighted by molar-refractivity contribution is -0.115. The van der Waals surface area contributed by atoms with Gasteiger partial charge in [0.1, 0.15) is 0 Å². The number of benzene rings is 3. The summed E-state index contributed by atoms with van der Waals surface area (Å²) in [6.07, 6.45) is 0.204. The summed E-state index contributed by atoms with van der Waals surface area (Å²) in [7, 11) is 3.11. The average molecular weight is 389 g/mol. The average Bonchev–Trinajstić information content (AvgIpc) is 3.21. The van der Waals surface area contributed by atoms with Gasteiger partial charge in [0.2, 0.25) is 11.8 Å². The molecule has 0 radical (unpaired) electrons. The van der Waals surface area contributed by atoms with E-state index < -0.39 is 0 Å². The van der Waals surface area contributed by atoms with Gasteiger partial charge in [0.05, 0.1) is 20.6 Å². The molecule has 0 aliphatic carbocycles. The third-order valence-electron chi connectivity index (χ3n) is 4.53. The predicted molar refractivity (Wildman–Crippen MR) is 109 cm³/mol. The number of fused-ring (bicyclic) bond motifs is 1. The minimum atomic E-state index is -0.233. The molecule has 0 aliphatic heterocycles. The highest BCUT2D eigenvalue weighted by Crippen LogP contribution is 2.32. The standard InChI is InChI=1S/C22H19N3O4/c1-27-18-11-10-16(12-19(18)28-2)21-24-25-22(29-21)23-20(26)13-15-8-5-7-14-6-3-4-9-17(14)15/h3-12H,13H2,1-2H3,(H,23,25,26). The van der Waals surface area contributed by atoms with E-state index in [-0.39, 0.29) is 24.2 Å². The molecule has 1 aromatic heterocycles. The molecule has 0 spiro atoms. The fourth-order valence-corrected chi connectivity index (χ4v) is 3.14. The van der Waals surface area contributed by atoms with Gasteiger partial charge in [-0.3, -0.25) is 10.1 Å². The Morgan fingerprint density at radius 1 is 0.966 bits per heavy atom. The van der Waals surface area contributed by atoms with Crippen molar-refractivity contribution in [2.75, 3.05) is 19.5 Å². The van der Waals surface area contributed by atoms with E-state index in [2.05, 4.69) is 15.5 Å². The van der Waals surface area contributed by atoms with Gasteiger partial charge < -0.3 is 13.9 Å². The van der Waals surface area contributed by atoms with E-state index in [4.69, 9.17) is 13.9 Å². The zero-order valence-electron chi connectivity index (χ0n) is 16.0. The Labute approximate surface area is 167 Å². The molecule has 1 heterocycles. The number of aromatic nitrogens is 2. The largest absolute Gasteiger partial charge is 0.493 e. The molecule has 0 unspecified atom stereocenters. The van der Waals surface area contributed by atoms with E-state index in [9.17, 15) is 4.79 Å². The monoisotopic (exact) mass is 389 g/mol. The Bertz CT molecular complexity index is 1160. The van der Waals surface area contributed by atoms with Crippen molar-refractivity contribution >= 4 is 22.7 Å². The van der Waals surface area contributed by atoms with E-state index in [1.165, 1.54) is 0 Å². The highest BCUT2D eigenvalue weighted by molar-refractivity contribution is 5.95. The molecule has 4 rings (SSSR count). The van der Waals surface area contributed by atoms with Gasteiger partial charge in [-0.15, -0.1) is 5.10 Å². The molecular formula is C22H19N3O4. The Morgan fingerprint density at radius 3 is 2.59 bits per heavy atom. The third kappa shape index (κ3) is 3.89. The van der Waals surface area contributed by atoms with Gasteiger partial charge in [-0.1, -0.05) is 47.6 Å². The second-order valence-corrected chi connectivity index (χ2v) is 6.35. The lowest BCUT2D eigenvalue weighted by Crippen LogP contribution is -2.14. The number of nitrogens with one attached hydrogen (secondary N) is 1. The van der Waals surface area contributed by atoms with Crippen LogP contribution in [-0.2, 0) is 11.2 Å². The smallest absolute Gasteiger partial charge is 0.322 e. The van der Waals surface area contributed by atoms with Crippen LogP contribution < -0.4 is 14.8 Å². The van der Waals surface area contributed by atoms with Crippen LogP contribution in [0, 0.1) is 0 Å². The molecule has 0 saturated carbocycles. The van der Waals surface area contributed by atoms with Crippen molar-refractivity contribution < 1.29 is 18.7 Å². The number of carbonyl (C=O) groups excluding carboxylic acids is 1. The molecule has 1 N–H and O–H groups in total. The molecule has 1 amide bonds. The first-order valence-corrected chi connectivity index (χ1v) is 9.00. The summed E-state index contributed by atoms with van der Waals surface area (Å²) in [4.78, 5) is 12.5. The molecule has 0 bridgehead atoms. The first-order valence-electron chi connectivity index (χ1n) is 9.00. The van der Waals surface area contributed by atoms with E-state index in [1.807, 2.05) is 42.5 Å². The molecule has 4 aromatic rings. The van der Waals surface area contributed by atoms with E-state index in [0.717, 1.165) is 16.3 Å². The lowest BCUT2D eigenvalue weighted by Gasteiger charge is -2.07. The van der Waals surface area contributed by atoms with Crippen LogP contribution in [0.25, 0.3) is 22.2 Å². The van der Waals surface area contributed by atoms with Crippen LogP contribution in [0.3, 0.4) is 0 Å². The number of carbonyl (C=O) groups is 1. The Hall–Kier alpha value is -3.87. The number of methoxy groups -OCH3 is 2. The van der Waals surface area contributed by atoms with Gasteiger partial charge in [-0.2, -0.15) is 0 Å².